The standard InChI is InChI=1S/C21H19N3O/c25-21(24-13-12-17-8-4-5-9-20(17)24)19-11-10-18(15-23-19)22-14-16-6-2-1-3-7-16/h1-11,15,22H,12-14H2. The van der Waals surface area contributed by atoms with E-state index in [0.717, 1.165) is 24.3 Å². The highest BCUT2D eigenvalue weighted by molar-refractivity contribution is 6.06. The van der Waals surface area contributed by atoms with Gasteiger partial charge in [0.05, 0.1) is 11.9 Å². The van der Waals surface area contributed by atoms with E-state index >= 15 is 0 Å². The molecular formula is C21H19N3O. The Kier molecular flexibility index (Phi) is 4.17. The minimum atomic E-state index is -0.0421. The van der Waals surface area contributed by atoms with Gasteiger partial charge in [0, 0.05) is 18.8 Å². The van der Waals surface area contributed by atoms with Crippen LogP contribution in [0.5, 0.6) is 0 Å². The lowest BCUT2D eigenvalue weighted by Crippen LogP contribution is -2.29. The molecule has 1 aliphatic heterocycles. The van der Waals surface area contributed by atoms with Crippen molar-refractivity contribution < 1.29 is 4.79 Å². The van der Waals surface area contributed by atoms with Gasteiger partial charge >= 0.3 is 0 Å². The molecule has 2 aromatic carbocycles. The van der Waals surface area contributed by atoms with Crippen molar-refractivity contribution in [1.29, 1.82) is 0 Å². The summed E-state index contributed by atoms with van der Waals surface area (Å²) in [5.41, 5.74) is 4.80. The third-order valence-corrected chi connectivity index (χ3v) is 4.45. The highest BCUT2D eigenvalue weighted by Crippen LogP contribution is 2.28. The average molecular weight is 329 g/mol. The second kappa shape index (κ2) is 6.77. The molecule has 0 spiro atoms. The van der Waals surface area contributed by atoms with Crippen molar-refractivity contribution in [1.82, 2.24) is 4.98 Å². The van der Waals surface area contributed by atoms with Crippen molar-refractivity contribution in [3.05, 3.63) is 89.7 Å². The lowest BCUT2D eigenvalue weighted by atomic mass is 10.2. The molecule has 0 saturated carbocycles. The summed E-state index contributed by atoms with van der Waals surface area (Å²) in [6.07, 6.45) is 2.62. The molecule has 0 fully saturated rings. The number of hydrogen-bond acceptors (Lipinski definition) is 3. The third-order valence-electron chi connectivity index (χ3n) is 4.45. The molecule has 4 nitrogen and oxygen atoms in total. The van der Waals surface area contributed by atoms with Gasteiger partial charge in [0.2, 0.25) is 0 Å². The molecule has 0 saturated heterocycles. The molecule has 25 heavy (non-hydrogen) atoms. The summed E-state index contributed by atoms with van der Waals surface area (Å²) in [5, 5.41) is 3.32. The number of anilines is 2. The van der Waals surface area contributed by atoms with Gasteiger partial charge in [-0.25, -0.2) is 4.98 Å². The predicted molar refractivity (Wildman–Crippen MR) is 99.8 cm³/mol. The number of carbonyl (C=O) groups is 1. The fraction of sp³-hybridized carbons (Fsp3) is 0.143. The van der Waals surface area contributed by atoms with E-state index in [-0.39, 0.29) is 5.91 Å². The number of amides is 1. The maximum Gasteiger partial charge on any atom is 0.276 e. The smallest absolute Gasteiger partial charge is 0.276 e. The van der Waals surface area contributed by atoms with Gasteiger partial charge in [-0.15, -0.1) is 0 Å². The van der Waals surface area contributed by atoms with E-state index in [1.165, 1.54) is 11.1 Å². The lowest BCUT2D eigenvalue weighted by molar-refractivity contribution is 0.0984. The first-order chi connectivity index (χ1) is 12.3. The van der Waals surface area contributed by atoms with Crippen molar-refractivity contribution in [2.45, 2.75) is 13.0 Å². The quantitative estimate of drug-likeness (QED) is 0.790. The highest BCUT2D eigenvalue weighted by Gasteiger charge is 2.25. The molecule has 3 aromatic rings. The topological polar surface area (TPSA) is 45.2 Å². The van der Waals surface area contributed by atoms with E-state index in [4.69, 9.17) is 0 Å². The van der Waals surface area contributed by atoms with Crippen molar-refractivity contribution in [2.24, 2.45) is 0 Å². The Balaban J connectivity index is 1.44. The zero-order chi connectivity index (χ0) is 17.1. The highest BCUT2D eigenvalue weighted by atomic mass is 16.2. The summed E-state index contributed by atoms with van der Waals surface area (Å²) >= 11 is 0. The summed E-state index contributed by atoms with van der Waals surface area (Å²) in [7, 11) is 0. The van der Waals surface area contributed by atoms with E-state index < -0.39 is 0 Å². The molecule has 124 valence electrons. The zero-order valence-corrected chi connectivity index (χ0v) is 13.9. The summed E-state index contributed by atoms with van der Waals surface area (Å²) in [5.74, 6) is -0.0421. The molecule has 2 heterocycles. The minimum Gasteiger partial charge on any atom is -0.380 e. The monoisotopic (exact) mass is 329 g/mol. The number of rotatable bonds is 4. The Morgan fingerprint density at radius 2 is 1.80 bits per heavy atom. The van der Waals surface area contributed by atoms with Gasteiger partial charge in [0.25, 0.3) is 5.91 Å². The molecular weight excluding hydrogens is 310 g/mol. The van der Waals surface area contributed by atoms with Crippen LogP contribution in [-0.2, 0) is 13.0 Å². The van der Waals surface area contributed by atoms with Crippen LogP contribution >= 0.6 is 0 Å². The number of pyridine rings is 1. The summed E-state index contributed by atoms with van der Waals surface area (Å²) in [4.78, 5) is 18.9. The number of benzene rings is 2. The van der Waals surface area contributed by atoms with E-state index in [0.29, 0.717) is 12.2 Å². The Morgan fingerprint density at radius 1 is 1.00 bits per heavy atom. The second-order valence-electron chi connectivity index (χ2n) is 6.11. The summed E-state index contributed by atoms with van der Waals surface area (Å²) < 4.78 is 0. The van der Waals surface area contributed by atoms with E-state index in [1.54, 1.807) is 12.3 Å². The molecule has 4 heteroatoms. The van der Waals surface area contributed by atoms with Crippen LogP contribution in [0.1, 0.15) is 21.6 Å². The molecule has 0 bridgehead atoms. The van der Waals surface area contributed by atoms with Gasteiger partial charge in [0.1, 0.15) is 5.69 Å². The zero-order valence-electron chi connectivity index (χ0n) is 13.9. The molecule has 1 aliphatic rings. The number of fused-ring (bicyclic) bond motifs is 1. The van der Waals surface area contributed by atoms with Gasteiger partial charge in [0.15, 0.2) is 0 Å². The van der Waals surface area contributed by atoms with Crippen LogP contribution < -0.4 is 10.2 Å². The normalized spacial score (nSPS) is 12.7. The van der Waals surface area contributed by atoms with Gasteiger partial charge in [-0.2, -0.15) is 0 Å². The van der Waals surface area contributed by atoms with Crippen LogP contribution in [0.2, 0.25) is 0 Å². The average Bonchev–Trinajstić information content (AvgIpc) is 3.11. The van der Waals surface area contributed by atoms with Gasteiger partial charge in [-0.3, -0.25) is 4.79 Å². The molecule has 1 aromatic heterocycles. The first-order valence-corrected chi connectivity index (χ1v) is 8.45. The summed E-state index contributed by atoms with van der Waals surface area (Å²) in [6.45, 7) is 1.45. The molecule has 0 atom stereocenters. The molecule has 1 N–H and O–H groups in total. The Labute approximate surface area is 147 Å². The molecule has 1 amide bonds. The SMILES string of the molecule is O=C(c1ccc(NCc2ccccc2)cn1)N1CCc2ccccc21. The van der Waals surface area contributed by atoms with Crippen LogP contribution in [0, 0.1) is 0 Å². The van der Waals surface area contributed by atoms with Crippen LogP contribution in [0.4, 0.5) is 11.4 Å². The molecule has 0 radical (unpaired) electrons. The predicted octanol–water partition coefficient (Wildman–Crippen LogP) is 3.90. The Hall–Kier alpha value is -3.14. The van der Waals surface area contributed by atoms with Crippen molar-refractivity contribution in [3.63, 3.8) is 0 Å². The van der Waals surface area contributed by atoms with Crippen LogP contribution in [0.25, 0.3) is 0 Å². The maximum atomic E-state index is 12.7. The van der Waals surface area contributed by atoms with Crippen molar-refractivity contribution in [2.75, 3.05) is 16.8 Å². The molecule has 0 unspecified atom stereocenters. The van der Waals surface area contributed by atoms with Crippen LogP contribution in [0.15, 0.2) is 72.9 Å². The lowest BCUT2D eigenvalue weighted by Gasteiger charge is -2.17. The fourth-order valence-electron chi connectivity index (χ4n) is 3.11. The van der Waals surface area contributed by atoms with E-state index in [2.05, 4.69) is 28.5 Å². The van der Waals surface area contributed by atoms with Crippen molar-refractivity contribution >= 4 is 17.3 Å². The van der Waals surface area contributed by atoms with Gasteiger partial charge in [-0.05, 0) is 35.7 Å². The van der Waals surface area contributed by atoms with E-state index in [1.807, 2.05) is 47.4 Å². The second-order valence-corrected chi connectivity index (χ2v) is 6.11. The first kappa shape index (κ1) is 15.4. The number of carbonyl (C=O) groups excluding carboxylic acids is 1. The molecule has 4 rings (SSSR count). The molecule has 0 aliphatic carbocycles. The maximum absolute atomic E-state index is 12.7. The number of hydrogen-bond donors (Lipinski definition) is 1. The van der Waals surface area contributed by atoms with Gasteiger partial charge in [-0.1, -0.05) is 48.5 Å². The van der Waals surface area contributed by atoms with Gasteiger partial charge < -0.3 is 10.2 Å². The van der Waals surface area contributed by atoms with Crippen LogP contribution in [0.3, 0.4) is 0 Å². The number of para-hydroxylation sites is 1. The largest absolute Gasteiger partial charge is 0.380 e. The minimum absolute atomic E-state index is 0.0421. The first-order valence-electron chi connectivity index (χ1n) is 8.45. The van der Waals surface area contributed by atoms with Crippen LogP contribution in [-0.4, -0.2) is 17.4 Å². The van der Waals surface area contributed by atoms with E-state index in [9.17, 15) is 4.79 Å². The number of aromatic nitrogens is 1. The summed E-state index contributed by atoms with van der Waals surface area (Å²) in [6, 6.07) is 21.9. The fourth-order valence-corrected chi connectivity index (χ4v) is 3.11. The van der Waals surface area contributed by atoms with Crippen molar-refractivity contribution in [3.8, 4) is 0 Å². The Morgan fingerprint density at radius 3 is 2.60 bits per heavy atom. The number of nitrogens with one attached hydrogen (secondary N) is 1. The number of nitrogens with zero attached hydrogens (tertiary/aromatic N) is 2. The third kappa shape index (κ3) is 3.24. The Bertz CT molecular complexity index is 875.